The maximum absolute atomic E-state index is 13.1. The summed E-state index contributed by atoms with van der Waals surface area (Å²) in [5.41, 5.74) is 2.34. The van der Waals surface area contributed by atoms with E-state index in [0.29, 0.717) is 0 Å². The number of hydrogen-bond acceptors (Lipinski definition) is 2. The number of pyridine rings is 1. The van der Waals surface area contributed by atoms with Crippen molar-refractivity contribution in [2.75, 3.05) is 11.4 Å². The normalized spacial score (nSPS) is 11.4. The van der Waals surface area contributed by atoms with Crippen LogP contribution in [-0.2, 0) is 0 Å². The highest BCUT2D eigenvalue weighted by molar-refractivity contribution is 5.62. The van der Waals surface area contributed by atoms with Crippen LogP contribution in [0.2, 0.25) is 0 Å². The third kappa shape index (κ3) is 4.05. The molecule has 1 heterocycles. The fourth-order valence-corrected chi connectivity index (χ4v) is 2.00. The van der Waals surface area contributed by atoms with Gasteiger partial charge in [-0.25, -0.2) is 4.39 Å². The zero-order valence-electron chi connectivity index (χ0n) is 12.3. The van der Waals surface area contributed by atoms with Gasteiger partial charge in [0.25, 0.3) is 0 Å². The Labute approximate surface area is 120 Å². The molecule has 2 aromatic rings. The minimum Gasteiger partial charge on any atom is -0.341 e. The summed E-state index contributed by atoms with van der Waals surface area (Å²) in [5.74, 6) is -0.209. The second-order valence-electron chi connectivity index (χ2n) is 6.14. The third-order valence-corrected chi connectivity index (χ3v) is 3.20. The summed E-state index contributed by atoms with van der Waals surface area (Å²) in [5, 5.41) is 0. The minimum absolute atomic E-state index is 0.209. The SMILES string of the molecule is CC(C)(C)CCN(c1ccncc1)c1ccc(F)cc1. The topological polar surface area (TPSA) is 16.1 Å². The van der Waals surface area contributed by atoms with Gasteiger partial charge in [-0.3, -0.25) is 4.98 Å². The fraction of sp³-hybridized carbons (Fsp3) is 0.353. The second kappa shape index (κ2) is 6.04. The fourth-order valence-electron chi connectivity index (χ4n) is 2.00. The molecule has 20 heavy (non-hydrogen) atoms. The number of aromatic nitrogens is 1. The van der Waals surface area contributed by atoms with Crippen molar-refractivity contribution in [3.63, 3.8) is 0 Å². The van der Waals surface area contributed by atoms with E-state index < -0.39 is 0 Å². The molecule has 1 aromatic heterocycles. The number of rotatable bonds is 4. The van der Waals surface area contributed by atoms with Gasteiger partial charge in [0.1, 0.15) is 5.82 Å². The van der Waals surface area contributed by atoms with Crippen molar-refractivity contribution in [3.8, 4) is 0 Å². The van der Waals surface area contributed by atoms with Crippen LogP contribution in [0.3, 0.4) is 0 Å². The van der Waals surface area contributed by atoms with E-state index in [2.05, 4.69) is 30.7 Å². The maximum atomic E-state index is 13.1. The van der Waals surface area contributed by atoms with Gasteiger partial charge < -0.3 is 4.90 Å². The number of nitrogens with zero attached hydrogens (tertiary/aromatic N) is 2. The van der Waals surface area contributed by atoms with Gasteiger partial charge >= 0.3 is 0 Å². The molecular formula is C17H21FN2. The molecule has 3 heteroatoms. The van der Waals surface area contributed by atoms with Gasteiger partial charge in [0.05, 0.1) is 0 Å². The van der Waals surface area contributed by atoms with Crippen molar-refractivity contribution >= 4 is 11.4 Å². The van der Waals surface area contributed by atoms with E-state index in [9.17, 15) is 4.39 Å². The zero-order valence-corrected chi connectivity index (χ0v) is 12.3. The zero-order chi connectivity index (χ0) is 14.6. The Morgan fingerprint density at radius 3 is 2.05 bits per heavy atom. The molecule has 0 radical (unpaired) electrons. The predicted molar refractivity (Wildman–Crippen MR) is 81.7 cm³/mol. The average molecular weight is 272 g/mol. The van der Waals surface area contributed by atoms with E-state index in [1.807, 2.05) is 24.3 Å². The minimum atomic E-state index is -0.209. The van der Waals surface area contributed by atoms with Crippen molar-refractivity contribution in [2.45, 2.75) is 27.2 Å². The Morgan fingerprint density at radius 2 is 1.50 bits per heavy atom. The summed E-state index contributed by atoms with van der Waals surface area (Å²) >= 11 is 0. The lowest BCUT2D eigenvalue weighted by Crippen LogP contribution is -2.22. The van der Waals surface area contributed by atoms with E-state index in [1.165, 1.54) is 12.1 Å². The van der Waals surface area contributed by atoms with Crippen LogP contribution in [0.5, 0.6) is 0 Å². The summed E-state index contributed by atoms with van der Waals surface area (Å²) < 4.78 is 13.1. The van der Waals surface area contributed by atoms with Gasteiger partial charge in [0.15, 0.2) is 0 Å². The molecule has 0 N–H and O–H groups in total. The molecule has 0 saturated heterocycles. The smallest absolute Gasteiger partial charge is 0.123 e. The summed E-state index contributed by atoms with van der Waals surface area (Å²) in [6.45, 7) is 7.56. The molecule has 0 saturated carbocycles. The highest BCUT2D eigenvalue weighted by Crippen LogP contribution is 2.28. The summed E-state index contributed by atoms with van der Waals surface area (Å²) in [6, 6.07) is 10.6. The van der Waals surface area contributed by atoms with Gasteiger partial charge in [0.2, 0.25) is 0 Å². The molecule has 0 fully saturated rings. The first-order chi connectivity index (χ1) is 9.46. The monoisotopic (exact) mass is 272 g/mol. The molecule has 0 aliphatic heterocycles. The highest BCUT2D eigenvalue weighted by Gasteiger charge is 2.15. The third-order valence-electron chi connectivity index (χ3n) is 3.20. The Balaban J connectivity index is 2.27. The van der Waals surface area contributed by atoms with Crippen LogP contribution in [0.15, 0.2) is 48.8 Å². The Hall–Kier alpha value is -1.90. The molecule has 1 aromatic carbocycles. The molecule has 0 amide bonds. The van der Waals surface area contributed by atoms with Crippen molar-refractivity contribution in [2.24, 2.45) is 5.41 Å². The van der Waals surface area contributed by atoms with Gasteiger partial charge in [-0.15, -0.1) is 0 Å². The quantitative estimate of drug-likeness (QED) is 0.795. The van der Waals surface area contributed by atoms with Crippen molar-refractivity contribution in [1.29, 1.82) is 0 Å². The lowest BCUT2D eigenvalue weighted by Gasteiger charge is -2.28. The first kappa shape index (κ1) is 14.5. The van der Waals surface area contributed by atoms with Gasteiger partial charge in [-0.1, -0.05) is 20.8 Å². The molecule has 0 aliphatic rings. The molecule has 2 nitrogen and oxygen atoms in total. The van der Waals surface area contributed by atoms with Crippen LogP contribution in [0.4, 0.5) is 15.8 Å². The lowest BCUT2D eigenvalue weighted by atomic mass is 9.92. The van der Waals surface area contributed by atoms with E-state index in [0.717, 1.165) is 24.3 Å². The molecule has 106 valence electrons. The largest absolute Gasteiger partial charge is 0.341 e. The Kier molecular flexibility index (Phi) is 4.38. The molecular weight excluding hydrogens is 251 g/mol. The molecule has 0 bridgehead atoms. The first-order valence-electron chi connectivity index (χ1n) is 6.89. The van der Waals surface area contributed by atoms with Gasteiger partial charge in [-0.05, 0) is 48.2 Å². The number of hydrogen-bond donors (Lipinski definition) is 0. The van der Waals surface area contributed by atoms with Crippen LogP contribution >= 0.6 is 0 Å². The van der Waals surface area contributed by atoms with Crippen LogP contribution in [-0.4, -0.2) is 11.5 Å². The van der Waals surface area contributed by atoms with Gasteiger partial charge in [-0.2, -0.15) is 0 Å². The van der Waals surface area contributed by atoms with Crippen LogP contribution in [0.25, 0.3) is 0 Å². The molecule has 2 rings (SSSR count). The first-order valence-corrected chi connectivity index (χ1v) is 6.89. The number of anilines is 2. The van der Waals surface area contributed by atoms with E-state index in [1.54, 1.807) is 12.4 Å². The summed E-state index contributed by atoms with van der Waals surface area (Å²) in [4.78, 5) is 6.26. The summed E-state index contributed by atoms with van der Waals surface area (Å²) in [6.07, 6.45) is 4.61. The summed E-state index contributed by atoms with van der Waals surface area (Å²) in [7, 11) is 0. The van der Waals surface area contributed by atoms with Crippen molar-refractivity contribution in [1.82, 2.24) is 4.98 Å². The lowest BCUT2D eigenvalue weighted by molar-refractivity contribution is 0.383. The van der Waals surface area contributed by atoms with E-state index in [-0.39, 0.29) is 11.2 Å². The molecule has 0 aliphatic carbocycles. The molecule has 0 spiro atoms. The molecule has 0 unspecified atom stereocenters. The van der Waals surface area contributed by atoms with Gasteiger partial charge in [0, 0.05) is 30.3 Å². The maximum Gasteiger partial charge on any atom is 0.123 e. The number of halogens is 1. The van der Waals surface area contributed by atoms with E-state index in [4.69, 9.17) is 0 Å². The van der Waals surface area contributed by atoms with E-state index >= 15 is 0 Å². The average Bonchev–Trinajstić information content (AvgIpc) is 2.41. The second-order valence-corrected chi connectivity index (χ2v) is 6.14. The number of benzene rings is 1. The standard InChI is InChI=1S/C17H21FN2/c1-17(2,3)10-13-20(16-8-11-19-12-9-16)15-6-4-14(18)5-7-15/h4-9,11-12H,10,13H2,1-3H3. The van der Waals surface area contributed by atoms with Crippen LogP contribution < -0.4 is 4.90 Å². The van der Waals surface area contributed by atoms with Crippen LogP contribution in [0, 0.1) is 11.2 Å². The predicted octanol–water partition coefficient (Wildman–Crippen LogP) is 4.80. The van der Waals surface area contributed by atoms with Crippen molar-refractivity contribution in [3.05, 3.63) is 54.6 Å². The Morgan fingerprint density at radius 1 is 0.950 bits per heavy atom. The highest BCUT2D eigenvalue weighted by atomic mass is 19.1. The van der Waals surface area contributed by atoms with Crippen molar-refractivity contribution < 1.29 is 4.39 Å². The Bertz CT molecular complexity index is 529. The molecule has 0 atom stereocenters. The van der Waals surface area contributed by atoms with Crippen LogP contribution in [0.1, 0.15) is 27.2 Å².